The molecule has 0 spiro atoms. The zero-order valence-electron chi connectivity index (χ0n) is 16.5. The normalized spacial score (nSPS) is 13.0. The summed E-state index contributed by atoms with van der Waals surface area (Å²) in [6, 6.07) is 17.4. The monoisotopic (exact) mass is 412 g/mol. The first-order valence-electron chi connectivity index (χ1n) is 9.57. The van der Waals surface area contributed by atoms with Crippen LogP contribution in [0.4, 0.5) is 0 Å². The number of carbonyl (C=O) groups excluding carboxylic acids is 2. The van der Waals surface area contributed by atoms with Crippen molar-refractivity contribution in [3.63, 3.8) is 0 Å². The van der Waals surface area contributed by atoms with Crippen LogP contribution in [0.15, 0.2) is 64.2 Å². The van der Waals surface area contributed by atoms with Crippen LogP contribution in [-0.4, -0.2) is 35.3 Å². The molecule has 1 N–H and O–H groups in total. The molecule has 0 unspecified atom stereocenters. The lowest BCUT2D eigenvalue weighted by molar-refractivity contribution is -0.152. The zero-order chi connectivity index (χ0) is 20.6. The highest BCUT2D eigenvalue weighted by Crippen LogP contribution is 2.23. The molecule has 0 radical (unpaired) electrons. The quantitative estimate of drug-likeness (QED) is 0.420. The second-order valence-electron chi connectivity index (χ2n) is 6.63. The van der Waals surface area contributed by atoms with E-state index < -0.39 is 12.1 Å². The van der Waals surface area contributed by atoms with Crippen molar-refractivity contribution in [1.82, 2.24) is 10.3 Å². The lowest BCUT2D eigenvalue weighted by atomic mass is 9.96. The molecule has 1 amide bonds. The third-order valence-corrected chi connectivity index (χ3v) is 5.35. The summed E-state index contributed by atoms with van der Waals surface area (Å²) in [5.74, 6) is -0.557. The first-order chi connectivity index (χ1) is 14.1. The first kappa shape index (κ1) is 20.9. The minimum absolute atomic E-state index is 0.0199. The van der Waals surface area contributed by atoms with Gasteiger partial charge in [-0.3, -0.25) is 9.59 Å². The number of benzene rings is 2. The lowest BCUT2D eigenvalue weighted by Crippen LogP contribution is -2.38. The van der Waals surface area contributed by atoms with Crippen molar-refractivity contribution in [2.45, 2.75) is 37.5 Å². The minimum atomic E-state index is -0.861. The highest BCUT2D eigenvalue weighted by molar-refractivity contribution is 7.99. The molecule has 6 nitrogen and oxygen atoms in total. The van der Waals surface area contributed by atoms with Gasteiger partial charge in [-0.25, -0.2) is 4.98 Å². The number of thioether (sulfide) groups is 1. The standard InChI is InChI=1S/C22H24N2O4S/c1-3-16(17-9-5-4-6-10-17)13-23-21(26)15(2)27-20(25)14-29-22-24-18-11-7-8-12-19(18)28-22/h4-12,15-16H,3,13-14H2,1-2H3,(H,23,26)/t15-,16+/m0/s1. The summed E-state index contributed by atoms with van der Waals surface area (Å²) in [6.45, 7) is 4.15. The molecule has 2 atom stereocenters. The Balaban J connectivity index is 1.44. The molecule has 7 heteroatoms. The Hall–Kier alpha value is -2.80. The molecule has 29 heavy (non-hydrogen) atoms. The van der Waals surface area contributed by atoms with Crippen LogP contribution < -0.4 is 5.32 Å². The largest absolute Gasteiger partial charge is 0.452 e. The Morgan fingerprint density at radius 1 is 1.14 bits per heavy atom. The lowest BCUT2D eigenvalue weighted by Gasteiger charge is -2.18. The van der Waals surface area contributed by atoms with Crippen molar-refractivity contribution in [2.24, 2.45) is 0 Å². The molecule has 152 valence electrons. The van der Waals surface area contributed by atoms with Crippen molar-refractivity contribution in [3.8, 4) is 0 Å². The van der Waals surface area contributed by atoms with Gasteiger partial charge in [0, 0.05) is 12.5 Å². The van der Waals surface area contributed by atoms with E-state index in [0.717, 1.165) is 23.7 Å². The fourth-order valence-corrected chi connectivity index (χ4v) is 3.53. The number of ether oxygens (including phenoxy) is 1. The molecule has 0 saturated carbocycles. The third kappa shape index (κ3) is 5.84. The maximum Gasteiger partial charge on any atom is 0.317 e. The summed E-state index contributed by atoms with van der Waals surface area (Å²) in [6.07, 6.45) is 0.0413. The Morgan fingerprint density at radius 3 is 2.59 bits per heavy atom. The third-order valence-electron chi connectivity index (χ3n) is 4.55. The number of esters is 1. The average Bonchev–Trinajstić information content (AvgIpc) is 3.16. The van der Waals surface area contributed by atoms with Crippen LogP contribution in [0, 0.1) is 0 Å². The number of fused-ring (bicyclic) bond motifs is 1. The summed E-state index contributed by atoms with van der Waals surface area (Å²) < 4.78 is 10.8. The van der Waals surface area contributed by atoms with Gasteiger partial charge < -0.3 is 14.5 Å². The number of rotatable bonds is 9. The summed E-state index contributed by atoms with van der Waals surface area (Å²) in [7, 11) is 0. The number of oxazole rings is 1. The molecular weight excluding hydrogens is 388 g/mol. The fourth-order valence-electron chi connectivity index (χ4n) is 2.91. The highest BCUT2D eigenvalue weighted by Gasteiger charge is 2.20. The van der Waals surface area contributed by atoms with Crippen LogP contribution in [0.2, 0.25) is 0 Å². The van der Waals surface area contributed by atoms with E-state index in [4.69, 9.17) is 9.15 Å². The van der Waals surface area contributed by atoms with Gasteiger partial charge in [0.1, 0.15) is 11.3 Å². The molecule has 0 aliphatic rings. The second-order valence-corrected chi connectivity index (χ2v) is 7.56. The van der Waals surface area contributed by atoms with Gasteiger partial charge in [-0.05, 0) is 31.0 Å². The van der Waals surface area contributed by atoms with Crippen LogP contribution in [0.5, 0.6) is 0 Å². The SMILES string of the molecule is CC[C@H](CNC(=O)[C@H](C)OC(=O)CSc1nc2ccccc2o1)c1ccccc1. The number of nitrogens with zero attached hydrogens (tertiary/aromatic N) is 1. The van der Waals surface area contributed by atoms with E-state index >= 15 is 0 Å². The predicted octanol–water partition coefficient (Wildman–Crippen LogP) is 4.16. The summed E-state index contributed by atoms with van der Waals surface area (Å²) in [5, 5.41) is 3.27. The summed E-state index contributed by atoms with van der Waals surface area (Å²) >= 11 is 1.14. The van der Waals surface area contributed by atoms with Gasteiger partial charge in [-0.15, -0.1) is 0 Å². The molecule has 0 fully saturated rings. The average molecular weight is 413 g/mol. The Bertz CT molecular complexity index is 925. The maximum absolute atomic E-state index is 12.3. The molecule has 0 aliphatic carbocycles. The first-order valence-corrected chi connectivity index (χ1v) is 10.6. The molecule has 0 bridgehead atoms. The molecule has 0 aliphatic heterocycles. The summed E-state index contributed by atoms with van der Waals surface area (Å²) in [5.41, 5.74) is 2.58. The van der Waals surface area contributed by atoms with Gasteiger partial charge in [-0.2, -0.15) is 0 Å². The van der Waals surface area contributed by atoms with Gasteiger partial charge in [0.15, 0.2) is 11.7 Å². The van der Waals surface area contributed by atoms with E-state index in [1.807, 2.05) is 54.6 Å². The zero-order valence-corrected chi connectivity index (χ0v) is 17.3. The number of nitrogens with one attached hydrogen (secondary N) is 1. The van der Waals surface area contributed by atoms with Crippen molar-refractivity contribution in [2.75, 3.05) is 12.3 Å². The van der Waals surface area contributed by atoms with E-state index in [-0.39, 0.29) is 17.6 Å². The number of carbonyl (C=O) groups is 2. The Labute approximate surface area is 174 Å². The molecular formula is C22H24N2O4S. The Kier molecular flexibility index (Phi) is 7.30. The molecule has 1 heterocycles. The van der Waals surface area contributed by atoms with Gasteiger partial charge in [-0.1, -0.05) is 61.2 Å². The van der Waals surface area contributed by atoms with Crippen molar-refractivity contribution < 1.29 is 18.7 Å². The maximum atomic E-state index is 12.3. The van der Waals surface area contributed by atoms with Crippen LogP contribution in [0.3, 0.4) is 0 Å². The van der Waals surface area contributed by atoms with Crippen molar-refractivity contribution >= 4 is 34.7 Å². The van der Waals surface area contributed by atoms with Gasteiger partial charge in [0.2, 0.25) is 0 Å². The van der Waals surface area contributed by atoms with Gasteiger partial charge in [0.05, 0.1) is 0 Å². The van der Waals surface area contributed by atoms with E-state index in [1.165, 1.54) is 5.56 Å². The second kappa shape index (κ2) is 10.1. The molecule has 1 aromatic heterocycles. The number of hydrogen-bond acceptors (Lipinski definition) is 6. The van der Waals surface area contributed by atoms with E-state index in [1.54, 1.807) is 6.92 Å². The van der Waals surface area contributed by atoms with Crippen LogP contribution >= 0.6 is 11.8 Å². The van der Waals surface area contributed by atoms with Gasteiger partial charge >= 0.3 is 5.97 Å². The minimum Gasteiger partial charge on any atom is -0.452 e. The van der Waals surface area contributed by atoms with Crippen molar-refractivity contribution in [3.05, 3.63) is 60.2 Å². The van der Waals surface area contributed by atoms with Crippen LogP contribution in [0.25, 0.3) is 11.1 Å². The van der Waals surface area contributed by atoms with E-state index in [2.05, 4.69) is 17.2 Å². The van der Waals surface area contributed by atoms with Crippen LogP contribution in [0.1, 0.15) is 31.7 Å². The van der Waals surface area contributed by atoms with Crippen molar-refractivity contribution in [1.29, 1.82) is 0 Å². The fraction of sp³-hybridized carbons (Fsp3) is 0.318. The van der Waals surface area contributed by atoms with Crippen LogP contribution in [-0.2, 0) is 14.3 Å². The molecule has 2 aromatic carbocycles. The number of para-hydroxylation sites is 2. The predicted molar refractivity (Wildman–Crippen MR) is 113 cm³/mol. The number of aromatic nitrogens is 1. The Morgan fingerprint density at radius 2 is 1.86 bits per heavy atom. The molecule has 3 aromatic rings. The number of amides is 1. The summed E-state index contributed by atoms with van der Waals surface area (Å²) in [4.78, 5) is 28.7. The molecule has 0 saturated heterocycles. The van der Waals surface area contributed by atoms with Gasteiger partial charge in [0.25, 0.3) is 11.1 Å². The number of hydrogen-bond donors (Lipinski definition) is 1. The smallest absolute Gasteiger partial charge is 0.317 e. The van der Waals surface area contributed by atoms with E-state index in [0.29, 0.717) is 17.4 Å². The topological polar surface area (TPSA) is 81.4 Å². The molecule has 3 rings (SSSR count). The van der Waals surface area contributed by atoms with E-state index in [9.17, 15) is 9.59 Å². The highest BCUT2D eigenvalue weighted by atomic mass is 32.2.